The molecule has 2 saturated heterocycles. The summed E-state index contributed by atoms with van der Waals surface area (Å²) < 4.78 is 10.1. The van der Waals surface area contributed by atoms with Gasteiger partial charge in [0.2, 0.25) is 0 Å². The topological polar surface area (TPSA) is 67.9 Å². The van der Waals surface area contributed by atoms with E-state index in [2.05, 4.69) is 17.4 Å². The van der Waals surface area contributed by atoms with Crippen molar-refractivity contribution in [2.45, 2.75) is 6.04 Å². The van der Waals surface area contributed by atoms with Gasteiger partial charge in [0.15, 0.2) is 0 Å². The summed E-state index contributed by atoms with van der Waals surface area (Å²) in [6.45, 7) is 2.52. The fourth-order valence-corrected chi connectivity index (χ4v) is 4.45. The molecule has 0 spiro atoms. The lowest BCUT2D eigenvalue weighted by Gasteiger charge is -2.28. The number of carbonyl (C=O) groups excluding carboxylic acids is 2. The molecule has 0 aliphatic carbocycles. The molecule has 1 N–H and O–H groups in total. The molecular formula is C22H24N2O4. The van der Waals surface area contributed by atoms with E-state index in [4.69, 9.17) is 9.47 Å². The molecule has 2 fully saturated rings. The van der Waals surface area contributed by atoms with E-state index in [1.54, 1.807) is 18.2 Å². The van der Waals surface area contributed by atoms with E-state index in [0.717, 1.165) is 18.7 Å². The number of benzene rings is 2. The average Bonchev–Trinajstić information content (AvgIpc) is 3.34. The number of nitrogens with zero attached hydrogens (tertiary/aromatic N) is 1. The molecule has 2 aromatic rings. The minimum absolute atomic E-state index is 0.0153. The number of hydrogen-bond donors (Lipinski definition) is 1. The number of nitrogens with one attached hydrogen (secondary N) is 1. The Kier molecular flexibility index (Phi) is 5.05. The van der Waals surface area contributed by atoms with Gasteiger partial charge in [0.1, 0.15) is 5.75 Å². The summed E-state index contributed by atoms with van der Waals surface area (Å²) in [7, 11) is 2.84. The Morgan fingerprint density at radius 3 is 2.50 bits per heavy atom. The van der Waals surface area contributed by atoms with Gasteiger partial charge in [-0.3, -0.25) is 4.79 Å². The summed E-state index contributed by atoms with van der Waals surface area (Å²) in [6.07, 6.45) is 0. The molecule has 0 saturated carbocycles. The van der Waals surface area contributed by atoms with Gasteiger partial charge in [-0.25, -0.2) is 4.79 Å². The summed E-state index contributed by atoms with van der Waals surface area (Å²) in [4.78, 5) is 27.4. The molecule has 2 heterocycles. The first-order valence-electron chi connectivity index (χ1n) is 9.46. The molecule has 146 valence electrons. The van der Waals surface area contributed by atoms with Crippen molar-refractivity contribution in [3.63, 3.8) is 0 Å². The fraction of sp³-hybridized carbons (Fsp3) is 0.364. The number of likely N-dealkylation sites (tertiary alicyclic amines) is 1. The second-order valence-corrected chi connectivity index (χ2v) is 7.34. The Morgan fingerprint density at radius 1 is 1.04 bits per heavy atom. The highest BCUT2D eigenvalue weighted by molar-refractivity contribution is 5.99. The van der Waals surface area contributed by atoms with Gasteiger partial charge >= 0.3 is 5.97 Å². The molecule has 0 aromatic heterocycles. The van der Waals surface area contributed by atoms with Crippen molar-refractivity contribution in [2.24, 2.45) is 11.8 Å². The van der Waals surface area contributed by atoms with Crippen LogP contribution in [0.3, 0.4) is 0 Å². The maximum Gasteiger partial charge on any atom is 0.338 e. The second kappa shape index (κ2) is 7.64. The molecule has 4 rings (SSSR count). The van der Waals surface area contributed by atoms with Crippen molar-refractivity contribution in [2.75, 3.05) is 33.9 Å². The number of fused-ring (bicyclic) bond motifs is 1. The number of rotatable bonds is 4. The SMILES string of the molecule is COC(=O)c1cc(OC)cc(C(=O)N2C[C@@H]3CNC[C@@H]3[C@H]2c2ccccc2)c1. The number of carbonyl (C=O) groups is 2. The Labute approximate surface area is 164 Å². The zero-order valence-electron chi connectivity index (χ0n) is 16.1. The van der Waals surface area contributed by atoms with Gasteiger partial charge in [-0.15, -0.1) is 0 Å². The monoisotopic (exact) mass is 380 g/mol. The van der Waals surface area contributed by atoms with Gasteiger partial charge in [0.25, 0.3) is 5.91 Å². The molecule has 0 bridgehead atoms. The minimum atomic E-state index is -0.491. The van der Waals surface area contributed by atoms with Crippen LogP contribution in [0.4, 0.5) is 0 Å². The van der Waals surface area contributed by atoms with Crippen molar-refractivity contribution in [1.82, 2.24) is 10.2 Å². The third-order valence-electron chi connectivity index (χ3n) is 5.78. The van der Waals surface area contributed by atoms with Crippen LogP contribution in [0.5, 0.6) is 5.75 Å². The molecule has 1 amide bonds. The molecule has 2 aliphatic rings. The van der Waals surface area contributed by atoms with Gasteiger partial charge in [-0.2, -0.15) is 0 Å². The normalized spacial score (nSPS) is 23.4. The van der Waals surface area contributed by atoms with Crippen molar-refractivity contribution in [3.8, 4) is 5.75 Å². The third-order valence-corrected chi connectivity index (χ3v) is 5.78. The molecule has 0 radical (unpaired) electrons. The Bertz CT molecular complexity index is 883. The molecule has 6 nitrogen and oxygen atoms in total. The zero-order chi connectivity index (χ0) is 19.7. The predicted octanol–water partition coefficient (Wildman–Crippen LogP) is 2.51. The van der Waals surface area contributed by atoms with Crippen LogP contribution in [0.25, 0.3) is 0 Å². The number of ether oxygens (including phenoxy) is 2. The molecular weight excluding hydrogens is 356 g/mol. The molecule has 0 unspecified atom stereocenters. The van der Waals surface area contributed by atoms with Crippen LogP contribution in [0.2, 0.25) is 0 Å². The largest absolute Gasteiger partial charge is 0.497 e. The Hall–Kier alpha value is -2.86. The van der Waals surface area contributed by atoms with Gasteiger partial charge < -0.3 is 19.7 Å². The summed E-state index contributed by atoms with van der Waals surface area (Å²) >= 11 is 0. The van der Waals surface area contributed by atoms with Crippen molar-refractivity contribution in [3.05, 3.63) is 65.2 Å². The summed E-state index contributed by atoms with van der Waals surface area (Å²) in [6, 6.07) is 15.0. The fourth-order valence-electron chi connectivity index (χ4n) is 4.45. The van der Waals surface area contributed by atoms with E-state index in [9.17, 15) is 9.59 Å². The Morgan fingerprint density at radius 2 is 1.79 bits per heavy atom. The third kappa shape index (κ3) is 3.24. The highest BCUT2D eigenvalue weighted by atomic mass is 16.5. The maximum atomic E-state index is 13.5. The first-order chi connectivity index (χ1) is 13.6. The van der Waals surface area contributed by atoms with Gasteiger partial charge in [0.05, 0.1) is 25.8 Å². The number of hydrogen-bond acceptors (Lipinski definition) is 5. The molecule has 3 atom stereocenters. The van der Waals surface area contributed by atoms with E-state index in [-0.39, 0.29) is 11.9 Å². The first-order valence-corrected chi connectivity index (χ1v) is 9.46. The van der Waals surface area contributed by atoms with E-state index < -0.39 is 5.97 Å². The predicted molar refractivity (Wildman–Crippen MR) is 104 cm³/mol. The van der Waals surface area contributed by atoms with E-state index in [0.29, 0.717) is 35.3 Å². The van der Waals surface area contributed by atoms with Crippen LogP contribution >= 0.6 is 0 Å². The van der Waals surface area contributed by atoms with Crippen molar-refractivity contribution >= 4 is 11.9 Å². The van der Waals surface area contributed by atoms with Crippen LogP contribution in [0, 0.1) is 11.8 Å². The van der Waals surface area contributed by atoms with Gasteiger partial charge in [-0.05, 0) is 29.7 Å². The minimum Gasteiger partial charge on any atom is -0.497 e. The number of esters is 1. The van der Waals surface area contributed by atoms with E-state index in [1.807, 2.05) is 23.1 Å². The standard InChI is InChI=1S/C22H24N2O4/c1-27-18-9-15(8-16(10-18)22(26)28-2)21(25)24-13-17-11-23-12-19(17)20(24)14-6-4-3-5-7-14/h3-10,17,19-20,23H,11-13H2,1-2H3/t17-,19-,20+/m0/s1. The maximum absolute atomic E-state index is 13.5. The van der Waals surface area contributed by atoms with Crippen LogP contribution in [-0.4, -0.2) is 50.6 Å². The smallest absolute Gasteiger partial charge is 0.338 e. The summed E-state index contributed by atoms with van der Waals surface area (Å²) in [5.41, 5.74) is 1.89. The van der Waals surface area contributed by atoms with Crippen molar-refractivity contribution in [1.29, 1.82) is 0 Å². The van der Waals surface area contributed by atoms with E-state index in [1.165, 1.54) is 14.2 Å². The van der Waals surface area contributed by atoms with Crippen LogP contribution in [0.1, 0.15) is 32.3 Å². The first kappa shape index (κ1) is 18.5. The van der Waals surface area contributed by atoms with Crippen LogP contribution < -0.4 is 10.1 Å². The summed E-state index contributed by atoms with van der Waals surface area (Å²) in [5, 5.41) is 3.45. The summed E-state index contributed by atoms with van der Waals surface area (Å²) in [5.74, 6) is 0.697. The Balaban J connectivity index is 1.71. The molecule has 2 aromatic carbocycles. The molecule has 28 heavy (non-hydrogen) atoms. The highest BCUT2D eigenvalue weighted by Gasteiger charge is 2.46. The van der Waals surface area contributed by atoms with Crippen LogP contribution in [0.15, 0.2) is 48.5 Å². The number of amides is 1. The van der Waals surface area contributed by atoms with Gasteiger partial charge in [-0.1, -0.05) is 30.3 Å². The van der Waals surface area contributed by atoms with E-state index >= 15 is 0 Å². The lowest BCUT2D eigenvalue weighted by atomic mass is 9.89. The molecule has 2 aliphatic heterocycles. The average molecular weight is 380 g/mol. The quantitative estimate of drug-likeness (QED) is 0.826. The second-order valence-electron chi connectivity index (χ2n) is 7.34. The lowest BCUT2D eigenvalue weighted by Crippen LogP contribution is -2.34. The molecule has 6 heteroatoms. The zero-order valence-corrected chi connectivity index (χ0v) is 16.1. The lowest BCUT2D eigenvalue weighted by molar-refractivity contribution is 0.0600. The number of methoxy groups -OCH3 is 2. The van der Waals surface area contributed by atoms with Crippen LogP contribution in [-0.2, 0) is 4.74 Å². The highest BCUT2D eigenvalue weighted by Crippen LogP contribution is 2.43. The van der Waals surface area contributed by atoms with Crippen molar-refractivity contribution < 1.29 is 19.1 Å². The van der Waals surface area contributed by atoms with Gasteiger partial charge in [0, 0.05) is 31.1 Å².